The van der Waals surface area contributed by atoms with E-state index in [2.05, 4.69) is 15.6 Å². The number of urea groups is 1. The van der Waals surface area contributed by atoms with Crippen molar-refractivity contribution < 1.29 is 23.9 Å². The molecule has 4 aromatic rings. The van der Waals surface area contributed by atoms with Crippen LogP contribution in [0, 0.1) is 0 Å². The molecule has 1 fully saturated rings. The van der Waals surface area contributed by atoms with Gasteiger partial charge in [0.2, 0.25) is 5.91 Å². The summed E-state index contributed by atoms with van der Waals surface area (Å²) in [5.41, 5.74) is 2.99. The van der Waals surface area contributed by atoms with Crippen LogP contribution >= 0.6 is 0 Å². The summed E-state index contributed by atoms with van der Waals surface area (Å²) in [6.45, 7) is 7.13. The maximum Gasteiger partial charge on any atom is 0.329 e. The van der Waals surface area contributed by atoms with E-state index in [0.717, 1.165) is 53.3 Å². The number of esters is 1. The maximum absolute atomic E-state index is 14.1. The SMILES string of the molecule is CC(C)(C)OC(=O)C(Cc1ccc(OCc2ccccc2)cc1)NC(=O)[C@@H](Cc1c[nH]c2ccccc12)NC(=O)N1CCCCCC1. The van der Waals surface area contributed by atoms with Gasteiger partial charge in [-0.2, -0.15) is 0 Å². The van der Waals surface area contributed by atoms with Crippen LogP contribution in [-0.2, 0) is 33.8 Å². The van der Waals surface area contributed by atoms with Crippen molar-refractivity contribution in [1.82, 2.24) is 20.5 Å². The van der Waals surface area contributed by atoms with Gasteiger partial charge in [0.05, 0.1) is 0 Å². The van der Waals surface area contributed by atoms with Crippen molar-refractivity contribution in [3.8, 4) is 5.75 Å². The number of nitrogens with zero attached hydrogens (tertiary/aromatic N) is 1. The molecule has 5 rings (SSSR count). The number of aromatic amines is 1. The van der Waals surface area contributed by atoms with Crippen LogP contribution in [0.1, 0.15) is 63.1 Å². The second kappa shape index (κ2) is 15.7. The lowest BCUT2D eigenvalue weighted by Gasteiger charge is -2.28. The number of hydrogen-bond acceptors (Lipinski definition) is 5. The molecular formula is C38H46N4O5. The van der Waals surface area contributed by atoms with Crippen LogP contribution in [-0.4, -0.2) is 58.6 Å². The van der Waals surface area contributed by atoms with Crippen LogP contribution in [0.3, 0.4) is 0 Å². The Labute approximate surface area is 277 Å². The number of ether oxygens (including phenoxy) is 2. The van der Waals surface area contributed by atoms with Crippen molar-refractivity contribution in [3.63, 3.8) is 0 Å². The first-order valence-electron chi connectivity index (χ1n) is 16.5. The van der Waals surface area contributed by atoms with Crippen molar-refractivity contribution in [2.75, 3.05) is 13.1 Å². The van der Waals surface area contributed by atoms with Gasteiger partial charge >= 0.3 is 12.0 Å². The van der Waals surface area contributed by atoms with Crippen LogP contribution in [0.2, 0.25) is 0 Å². The fourth-order valence-electron chi connectivity index (χ4n) is 5.78. The Balaban J connectivity index is 1.33. The van der Waals surface area contributed by atoms with Gasteiger partial charge in [-0.05, 0) is 68.5 Å². The number of carbonyl (C=O) groups excluding carboxylic acids is 3. The van der Waals surface area contributed by atoms with Gasteiger partial charge in [-0.3, -0.25) is 4.79 Å². The van der Waals surface area contributed by atoms with Crippen molar-refractivity contribution in [3.05, 3.63) is 102 Å². The predicted octanol–water partition coefficient (Wildman–Crippen LogP) is 6.31. The molecule has 248 valence electrons. The van der Waals surface area contributed by atoms with E-state index in [0.29, 0.717) is 25.4 Å². The maximum atomic E-state index is 14.1. The fourth-order valence-corrected chi connectivity index (χ4v) is 5.78. The van der Waals surface area contributed by atoms with Crippen LogP contribution in [0.4, 0.5) is 4.79 Å². The molecule has 0 bridgehead atoms. The normalized spacial score (nSPS) is 14.9. The molecule has 2 heterocycles. The average Bonchev–Trinajstić information content (AvgIpc) is 3.25. The third kappa shape index (κ3) is 9.85. The molecule has 1 unspecified atom stereocenters. The highest BCUT2D eigenvalue weighted by molar-refractivity contribution is 5.92. The summed E-state index contributed by atoms with van der Waals surface area (Å²) in [7, 11) is 0. The highest BCUT2D eigenvalue weighted by Gasteiger charge is 2.32. The lowest BCUT2D eigenvalue weighted by Crippen LogP contribution is -2.56. The minimum atomic E-state index is -0.974. The third-order valence-corrected chi connectivity index (χ3v) is 8.23. The summed E-state index contributed by atoms with van der Waals surface area (Å²) in [5, 5.41) is 6.92. The number of amides is 3. The number of para-hydroxylation sites is 1. The van der Waals surface area contributed by atoms with Gasteiger partial charge in [-0.1, -0.05) is 73.5 Å². The van der Waals surface area contributed by atoms with E-state index in [9.17, 15) is 14.4 Å². The smallest absolute Gasteiger partial charge is 0.329 e. The van der Waals surface area contributed by atoms with Crippen molar-refractivity contribution >= 4 is 28.8 Å². The van der Waals surface area contributed by atoms with E-state index < -0.39 is 29.6 Å². The Morgan fingerprint density at radius 2 is 1.47 bits per heavy atom. The monoisotopic (exact) mass is 638 g/mol. The van der Waals surface area contributed by atoms with Gasteiger partial charge in [0.25, 0.3) is 0 Å². The lowest BCUT2D eigenvalue weighted by molar-refractivity contribution is -0.158. The Kier molecular flexibility index (Phi) is 11.2. The molecule has 1 saturated heterocycles. The van der Waals surface area contributed by atoms with Gasteiger partial charge in [-0.15, -0.1) is 0 Å². The molecule has 1 aromatic heterocycles. The molecule has 3 amide bonds. The lowest BCUT2D eigenvalue weighted by atomic mass is 10.0. The highest BCUT2D eigenvalue weighted by atomic mass is 16.6. The molecule has 0 saturated carbocycles. The standard InChI is InChI=1S/C38H46N4O5/c1-38(2,3)47-36(44)34(23-27-17-19-30(20-18-27)46-26-28-13-7-6-8-14-28)40-35(43)33(41-37(45)42-21-11-4-5-12-22-42)24-29-25-39-32-16-10-9-15-31(29)32/h6-10,13-20,25,33-34,39H,4-5,11-12,21-24,26H2,1-3H3,(H,40,43)(H,41,45)/t33-,34?/m1/s1. The van der Waals surface area contributed by atoms with Gasteiger partial charge < -0.3 is 30.0 Å². The zero-order valence-electron chi connectivity index (χ0n) is 27.6. The molecule has 2 atom stereocenters. The summed E-state index contributed by atoms with van der Waals surface area (Å²) < 4.78 is 11.7. The molecular weight excluding hydrogens is 592 g/mol. The molecule has 0 radical (unpaired) electrons. The molecule has 1 aliphatic rings. The first-order chi connectivity index (χ1) is 22.6. The highest BCUT2D eigenvalue weighted by Crippen LogP contribution is 2.21. The summed E-state index contributed by atoms with van der Waals surface area (Å²) in [5.74, 6) is -0.289. The van der Waals surface area contributed by atoms with Crippen molar-refractivity contribution in [2.45, 2.75) is 83.6 Å². The number of aromatic nitrogens is 1. The summed E-state index contributed by atoms with van der Waals surface area (Å²) in [4.78, 5) is 46.0. The number of benzene rings is 3. The van der Waals surface area contributed by atoms with Gasteiger partial charge in [0, 0.05) is 43.0 Å². The first-order valence-corrected chi connectivity index (χ1v) is 16.5. The van der Waals surface area contributed by atoms with E-state index in [1.165, 1.54) is 0 Å². The molecule has 9 heteroatoms. The number of likely N-dealkylation sites (tertiary alicyclic amines) is 1. The summed E-state index contributed by atoms with van der Waals surface area (Å²) in [6.07, 6.45) is 6.37. The summed E-state index contributed by atoms with van der Waals surface area (Å²) >= 11 is 0. The minimum Gasteiger partial charge on any atom is -0.489 e. The number of rotatable bonds is 11. The number of nitrogens with one attached hydrogen (secondary N) is 3. The van der Waals surface area contributed by atoms with Gasteiger partial charge in [-0.25, -0.2) is 9.59 Å². The molecule has 0 aliphatic carbocycles. The molecule has 9 nitrogen and oxygen atoms in total. The Bertz CT molecular complexity index is 1620. The zero-order chi connectivity index (χ0) is 33.2. The Morgan fingerprint density at radius 1 is 0.787 bits per heavy atom. The van der Waals surface area contributed by atoms with Crippen LogP contribution < -0.4 is 15.4 Å². The quantitative estimate of drug-likeness (QED) is 0.167. The van der Waals surface area contributed by atoms with Gasteiger partial charge in [0.15, 0.2) is 0 Å². The van der Waals surface area contributed by atoms with E-state index >= 15 is 0 Å². The number of fused-ring (bicyclic) bond motifs is 1. The molecule has 3 aromatic carbocycles. The van der Waals surface area contributed by atoms with E-state index in [-0.39, 0.29) is 18.9 Å². The number of hydrogen-bond donors (Lipinski definition) is 3. The average molecular weight is 639 g/mol. The minimum absolute atomic E-state index is 0.208. The van der Waals surface area contributed by atoms with Crippen LogP contribution in [0.5, 0.6) is 5.75 Å². The Hall–Kier alpha value is -4.79. The second-order valence-electron chi connectivity index (χ2n) is 13.2. The van der Waals surface area contributed by atoms with E-state index in [4.69, 9.17) is 9.47 Å². The molecule has 1 aliphatic heterocycles. The summed E-state index contributed by atoms with van der Waals surface area (Å²) in [6, 6.07) is 23.1. The van der Waals surface area contributed by atoms with Gasteiger partial charge in [0.1, 0.15) is 30.0 Å². The largest absolute Gasteiger partial charge is 0.489 e. The van der Waals surface area contributed by atoms with Crippen LogP contribution in [0.15, 0.2) is 85.1 Å². The second-order valence-corrected chi connectivity index (χ2v) is 13.2. The van der Waals surface area contributed by atoms with E-state index in [1.54, 1.807) is 25.7 Å². The predicted molar refractivity (Wildman–Crippen MR) is 183 cm³/mol. The van der Waals surface area contributed by atoms with Crippen molar-refractivity contribution in [2.24, 2.45) is 0 Å². The zero-order valence-corrected chi connectivity index (χ0v) is 27.6. The van der Waals surface area contributed by atoms with E-state index in [1.807, 2.05) is 85.1 Å². The Morgan fingerprint density at radius 3 is 2.17 bits per heavy atom. The topological polar surface area (TPSA) is 113 Å². The number of H-pyrrole nitrogens is 1. The first kappa shape index (κ1) is 33.6. The molecule has 3 N–H and O–H groups in total. The van der Waals surface area contributed by atoms with Crippen molar-refractivity contribution in [1.29, 1.82) is 0 Å². The molecule has 47 heavy (non-hydrogen) atoms. The third-order valence-electron chi connectivity index (χ3n) is 8.23. The number of carbonyl (C=O) groups is 3. The van der Waals surface area contributed by atoms with Crippen LogP contribution in [0.25, 0.3) is 10.9 Å². The molecule has 0 spiro atoms. The fraction of sp³-hybridized carbons (Fsp3) is 0.395.